The van der Waals surface area contributed by atoms with Crippen molar-refractivity contribution in [3.05, 3.63) is 43.5 Å². The molecule has 0 amide bonds. The molecule has 1 heterocycles. The van der Waals surface area contributed by atoms with Crippen molar-refractivity contribution >= 4 is 54.8 Å². The lowest BCUT2D eigenvalue weighted by Crippen LogP contribution is -2.01. The van der Waals surface area contributed by atoms with Crippen molar-refractivity contribution in [2.24, 2.45) is 0 Å². The standard InChI is InChI=1S/C15H15Br2ClO2S/c1-3-19-12-7-9(10(16)8-13(12)20-4-2)14(17)15-11(18)5-6-21-15/h5-8,14H,3-4H2,1-2H3. The van der Waals surface area contributed by atoms with Gasteiger partial charge in [-0.3, -0.25) is 0 Å². The molecule has 0 radical (unpaired) electrons. The maximum atomic E-state index is 6.23. The Hall–Kier alpha value is -0.230. The Morgan fingerprint density at radius 3 is 2.33 bits per heavy atom. The van der Waals surface area contributed by atoms with Crippen LogP contribution in [0.1, 0.15) is 29.1 Å². The first-order chi connectivity index (χ1) is 10.1. The lowest BCUT2D eigenvalue weighted by atomic mass is 10.1. The van der Waals surface area contributed by atoms with Gasteiger partial charge in [0.05, 0.1) is 23.1 Å². The lowest BCUT2D eigenvalue weighted by Gasteiger charge is -2.17. The minimum atomic E-state index is 0.00857. The van der Waals surface area contributed by atoms with Crippen LogP contribution in [0.3, 0.4) is 0 Å². The van der Waals surface area contributed by atoms with E-state index in [9.17, 15) is 0 Å². The van der Waals surface area contributed by atoms with E-state index >= 15 is 0 Å². The Balaban J connectivity index is 2.44. The highest BCUT2D eigenvalue weighted by atomic mass is 79.9. The maximum absolute atomic E-state index is 6.23. The average Bonchev–Trinajstić information content (AvgIpc) is 2.87. The molecule has 6 heteroatoms. The van der Waals surface area contributed by atoms with Crippen molar-refractivity contribution in [1.29, 1.82) is 0 Å². The van der Waals surface area contributed by atoms with E-state index in [-0.39, 0.29) is 4.83 Å². The second-order valence-electron chi connectivity index (χ2n) is 4.18. The van der Waals surface area contributed by atoms with Crippen molar-refractivity contribution in [2.45, 2.75) is 18.7 Å². The zero-order valence-electron chi connectivity index (χ0n) is 11.7. The van der Waals surface area contributed by atoms with Crippen LogP contribution in [0.15, 0.2) is 28.1 Å². The van der Waals surface area contributed by atoms with E-state index in [1.807, 2.05) is 37.4 Å². The van der Waals surface area contributed by atoms with Crippen LogP contribution in [0, 0.1) is 0 Å². The summed E-state index contributed by atoms with van der Waals surface area (Å²) >= 11 is 15.2. The third-order valence-electron chi connectivity index (χ3n) is 2.81. The lowest BCUT2D eigenvalue weighted by molar-refractivity contribution is 0.287. The van der Waals surface area contributed by atoms with Gasteiger partial charge in [0.1, 0.15) is 0 Å². The van der Waals surface area contributed by atoms with Gasteiger partial charge in [-0.1, -0.05) is 43.5 Å². The minimum Gasteiger partial charge on any atom is -0.490 e. The highest BCUT2D eigenvalue weighted by Gasteiger charge is 2.20. The smallest absolute Gasteiger partial charge is 0.162 e. The van der Waals surface area contributed by atoms with Crippen LogP contribution in [0.2, 0.25) is 5.02 Å². The zero-order valence-corrected chi connectivity index (χ0v) is 16.4. The molecule has 0 aliphatic carbocycles. The van der Waals surface area contributed by atoms with Gasteiger partial charge >= 0.3 is 0 Å². The number of rotatable bonds is 6. The highest BCUT2D eigenvalue weighted by molar-refractivity contribution is 9.11. The van der Waals surface area contributed by atoms with Crippen molar-refractivity contribution in [2.75, 3.05) is 13.2 Å². The maximum Gasteiger partial charge on any atom is 0.162 e. The van der Waals surface area contributed by atoms with E-state index in [0.717, 1.165) is 31.4 Å². The molecule has 2 aromatic rings. The van der Waals surface area contributed by atoms with Gasteiger partial charge in [0.15, 0.2) is 11.5 Å². The molecule has 114 valence electrons. The molecule has 0 aliphatic heterocycles. The van der Waals surface area contributed by atoms with E-state index in [1.54, 1.807) is 11.3 Å². The van der Waals surface area contributed by atoms with Crippen molar-refractivity contribution < 1.29 is 9.47 Å². The van der Waals surface area contributed by atoms with Crippen LogP contribution in [0.5, 0.6) is 11.5 Å². The van der Waals surface area contributed by atoms with Gasteiger partial charge in [0, 0.05) is 9.35 Å². The van der Waals surface area contributed by atoms with Gasteiger partial charge in [-0.25, -0.2) is 0 Å². The minimum absolute atomic E-state index is 0.00857. The van der Waals surface area contributed by atoms with Crippen LogP contribution < -0.4 is 9.47 Å². The average molecular weight is 455 g/mol. The van der Waals surface area contributed by atoms with E-state index in [4.69, 9.17) is 21.1 Å². The monoisotopic (exact) mass is 452 g/mol. The molecule has 1 unspecified atom stereocenters. The quantitative estimate of drug-likeness (QED) is 0.467. The highest BCUT2D eigenvalue weighted by Crippen LogP contribution is 2.45. The van der Waals surface area contributed by atoms with E-state index in [2.05, 4.69) is 31.9 Å². The van der Waals surface area contributed by atoms with Gasteiger partial charge in [-0.05, 0) is 43.0 Å². The van der Waals surface area contributed by atoms with Gasteiger partial charge in [-0.2, -0.15) is 0 Å². The summed E-state index contributed by atoms with van der Waals surface area (Å²) in [6, 6.07) is 5.84. The molecule has 0 N–H and O–H groups in total. The molecule has 0 bridgehead atoms. The number of hydrogen-bond donors (Lipinski definition) is 0. The summed E-state index contributed by atoms with van der Waals surface area (Å²) in [5.41, 5.74) is 1.06. The molecule has 1 aromatic carbocycles. The number of halogens is 3. The Morgan fingerprint density at radius 2 is 1.81 bits per heavy atom. The second kappa shape index (κ2) is 7.86. The number of ether oxygens (including phenoxy) is 2. The third-order valence-corrected chi connectivity index (χ3v) is 6.17. The fraction of sp³-hybridized carbons (Fsp3) is 0.333. The zero-order chi connectivity index (χ0) is 15.4. The molecule has 2 nitrogen and oxygen atoms in total. The van der Waals surface area contributed by atoms with Gasteiger partial charge in [-0.15, -0.1) is 11.3 Å². The van der Waals surface area contributed by atoms with Crippen LogP contribution in [0.25, 0.3) is 0 Å². The van der Waals surface area contributed by atoms with Crippen molar-refractivity contribution in [1.82, 2.24) is 0 Å². The summed E-state index contributed by atoms with van der Waals surface area (Å²) in [6.07, 6.45) is 0. The van der Waals surface area contributed by atoms with Crippen molar-refractivity contribution in [3.63, 3.8) is 0 Å². The molecule has 1 atom stereocenters. The molecule has 0 fully saturated rings. The van der Waals surface area contributed by atoms with Gasteiger partial charge < -0.3 is 9.47 Å². The summed E-state index contributed by atoms with van der Waals surface area (Å²) in [7, 11) is 0. The molecule has 0 saturated carbocycles. The summed E-state index contributed by atoms with van der Waals surface area (Å²) in [6.45, 7) is 5.10. The Labute approximate surface area is 150 Å². The first-order valence-corrected chi connectivity index (χ1v) is 9.51. The van der Waals surface area contributed by atoms with Gasteiger partial charge in [0.2, 0.25) is 0 Å². The molecule has 0 spiro atoms. The van der Waals surface area contributed by atoms with E-state index in [1.165, 1.54) is 0 Å². The molecule has 0 saturated heterocycles. The van der Waals surface area contributed by atoms with Gasteiger partial charge in [0.25, 0.3) is 0 Å². The third kappa shape index (κ3) is 3.95. The first-order valence-electron chi connectivity index (χ1n) is 6.54. The fourth-order valence-corrected chi connectivity index (χ4v) is 5.01. The summed E-state index contributed by atoms with van der Waals surface area (Å²) in [5.74, 6) is 1.49. The number of hydrogen-bond acceptors (Lipinski definition) is 3. The Morgan fingerprint density at radius 1 is 1.19 bits per heavy atom. The van der Waals surface area contributed by atoms with Crippen molar-refractivity contribution in [3.8, 4) is 11.5 Å². The molecule has 2 rings (SSSR count). The number of benzene rings is 1. The van der Waals surface area contributed by atoms with Crippen LogP contribution in [-0.4, -0.2) is 13.2 Å². The largest absolute Gasteiger partial charge is 0.490 e. The Kier molecular flexibility index (Phi) is 6.41. The number of alkyl halides is 1. The topological polar surface area (TPSA) is 18.5 Å². The molecule has 0 aliphatic rings. The van der Waals surface area contributed by atoms with E-state index < -0.39 is 0 Å². The molecular formula is C15H15Br2ClO2S. The predicted molar refractivity (Wildman–Crippen MR) is 96.6 cm³/mol. The summed E-state index contributed by atoms with van der Waals surface area (Å²) < 4.78 is 12.3. The van der Waals surface area contributed by atoms with Crippen LogP contribution >= 0.6 is 54.8 Å². The SMILES string of the molecule is CCOc1cc(Br)c(C(Br)c2sccc2Cl)cc1OCC. The van der Waals surface area contributed by atoms with E-state index in [0.29, 0.717) is 13.2 Å². The van der Waals surface area contributed by atoms with Crippen LogP contribution in [-0.2, 0) is 0 Å². The molecule has 1 aromatic heterocycles. The number of thiophene rings is 1. The fourth-order valence-electron chi connectivity index (χ4n) is 1.91. The second-order valence-corrected chi connectivity index (χ2v) is 7.31. The van der Waals surface area contributed by atoms with Crippen LogP contribution in [0.4, 0.5) is 0 Å². The summed E-state index contributed by atoms with van der Waals surface area (Å²) in [4.78, 5) is 1.08. The summed E-state index contributed by atoms with van der Waals surface area (Å²) in [5, 5.41) is 2.75. The molecular weight excluding hydrogens is 439 g/mol. The molecule has 21 heavy (non-hydrogen) atoms. The normalized spacial score (nSPS) is 12.2. The Bertz CT molecular complexity index is 616. The first kappa shape index (κ1) is 17.1. The predicted octanol–water partition coefficient (Wildman–Crippen LogP) is 6.45.